The van der Waals surface area contributed by atoms with Gasteiger partial charge in [0.1, 0.15) is 0 Å². The summed E-state index contributed by atoms with van der Waals surface area (Å²) in [6.45, 7) is 2.02. The van der Waals surface area contributed by atoms with E-state index in [1.807, 2.05) is 29.8 Å². The quantitative estimate of drug-likeness (QED) is 0.837. The number of benzene rings is 1. The lowest BCUT2D eigenvalue weighted by Gasteiger charge is -2.09. The molecule has 0 saturated heterocycles. The summed E-state index contributed by atoms with van der Waals surface area (Å²) in [5, 5.41) is 13.8. The van der Waals surface area contributed by atoms with Crippen molar-refractivity contribution in [2.45, 2.75) is 39.0 Å². The maximum absolute atomic E-state index is 11.5. The molecule has 1 heterocycles. The van der Waals surface area contributed by atoms with Crippen LogP contribution in [0, 0.1) is 6.92 Å². The highest BCUT2D eigenvalue weighted by Gasteiger charge is 2.24. The van der Waals surface area contributed by atoms with Crippen LogP contribution in [0.3, 0.4) is 0 Å². The first-order valence-corrected chi connectivity index (χ1v) is 7.98. The average molecular weight is 349 g/mol. The Bertz CT molecular complexity index is 707. The molecule has 1 aromatic carbocycles. The fraction of sp³-hybridized carbons (Fsp3) is 0.375. The molecule has 2 aromatic rings. The number of halogens is 1. The normalized spacial score (nSPS) is 14.6. The minimum atomic E-state index is -0.930. The van der Waals surface area contributed by atoms with E-state index in [2.05, 4.69) is 21.0 Å². The van der Waals surface area contributed by atoms with E-state index in [1.165, 1.54) is 0 Å². The second-order valence-corrected chi connectivity index (χ2v) is 6.34. The van der Waals surface area contributed by atoms with Gasteiger partial charge in [-0.2, -0.15) is 5.10 Å². The summed E-state index contributed by atoms with van der Waals surface area (Å²) >= 11 is 3.49. The van der Waals surface area contributed by atoms with E-state index in [4.69, 9.17) is 0 Å². The number of aromatic nitrogens is 2. The Kier molecular flexibility index (Phi) is 3.85. The zero-order valence-electron chi connectivity index (χ0n) is 11.9. The molecule has 21 heavy (non-hydrogen) atoms. The van der Waals surface area contributed by atoms with Gasteiger partial charge in [-0.05, 0) is 56.4 Å². The summed E-state index contributed by atoms with van der Waals surface area (Å²) < 4.78 is 2.87. The molecule has 0 aliphatic heterocycles. The van der Waals surface area contributed by atoms with Gasteiger partial charge in [-0.1, -0.05) is 22.4 Å². The molecular formula is C16H17BrN2O2. The van der Waals surface area contributed by atoms with Gasteiger partial charge in [-0.25, -0.2) is 9.48 Å². The molecule has 0 bridgehead atoms. The van der Waals surface area contributed by atoms with Crippen LogP contribution in [-0.4, -0.2) is 20.9 Å². The van der Waals surface area contributed by atoms with Crippen LogP contribution in [0.15, 0.2) is 22.7 Å². The van der Waals surface area contributed by atoms with E-state index in [9.17, 15) is 9.90 Å². The van der Waals surface area contributed by atoms with Crippen LogP contribution < -0.4 is 0 Å². The molecule has 1 aromatic heterocycles. The third-order valence-corrected chi connectivity index (χ3v) is 4.91. The smallest absolute Gasteiger partial charge is 0.356 e. The summed E-state index contributed by atoms with van der Waals surface area (Å²) in [4.78, 5) is 11.5. The van der Waals surface area contributed by atoms with Crippen molar-refractivity contribution in [1.29, 1.82) is 0 Å². The number of carbonyl (C=O) groups is 1. The van der Waals surface area contributed by atoms with Gasteiger partial charge in [0.2, 0.25) is 0 Å². The first-order valence-electron chi connectivity index (χ1n) is 7.18. The van der Waals surface area contributed by atoms with Gasteiger partial charge in [0.05, 0.1) is 5.69 Å². The molecule has 0 spiro atoms. The number of aromatic carboxylic acids is 1. The largest absolute Gasteiger partial charge is 0.476 e. The monoisotopic (exact) mass is 348 g/mol. The molecular weight excluding hydrogens is 332 g/mol. The molecule has 0 saturated carbocycles. The lowest BCUT2D eigenvalue weighted by molar-refractivity contribution is 0.0688. The highest BCUT2D eigenvalue weighted by atomic mass is 79.9. The summed E-state index contributed by atoms with van der Waals surface area (Å²) in [6, 6.07) is 5.99. The van der Waals surface area contributed by atoms with Crippen LogP contribution in [-0.2, 0) is 12.8 Å². The zero-order valence-corrected chi connectivity index (χ0v) is 13.5. The fourth-order valence-corrected chi connectivity index (χ4v) is 3.17. The van der Waals surface area contributed by atoms with Crippen molar-refractivity contribution in [3.05, 3.63) is 45.2 Å². The number of carboxylic acids is 1. The Hall–Kier alpha value is -1.62. The van der Waals surface area contributed by atoms with Crippen molar-refractivity contribution in [2.24, 2.45) is 0 Å². The summed E-state index contributed by atoms with van der Waals surface area (Å²) in [5.41, 5.74) is 4.24. The van der Waals surface area contributed by atoms with Crippen LogP contribution in [0.1, 0.15) is 46.6 Å². The highest BCUT2D eigenvalue weighted by Crippen LogP contribution is 2.27. The van der Waals surface area contributed by atoms with E-state index in [0.29, 0.717) is 0 Å². The van der Waals surface area contributed by atoms with Crippen molar-refractivity contribution >= 4 is 21.9 Å². The molecule has 0 fully saturated rings. The van der Waals surface area contributed by atoms with Crippen LogP contribution in [0.5, 0.6) is 0 Å². The third-order valence-electron chi connectivity index (χ3n) is 4.02. The molecule has 1 N–H and O–H groups in total. The molecule has 1 aliphatic carbocycles. The summed E-state index contributed by atoms with van der Waals surface area (Å²) in [5.74, 6) is -0.930. The molecule has 3 rings (SSSR count). The summed E-state index contributed by atoms with van der Waals surface area (Å²) in [6.07, 6.45) is 4.98. The Balaban J connectivity index is 2.17. The zero-order chi connectivity index (χ0) is 15.0. The number of aryl methyl sites for hydroxylation is 1. The van der Waals surface area contributed by atoms with Crippen molar-refractivity contribution in [3.8, 4) is 5.69 Å². The van der Waals surface area contributed by atoms with Gasteiger partial charge < -0.3 is 5.11 Å². The molecule has 0 atom stereocenters. The van der Waals surface area contributed by atoms with Crippen LogP contribution in [0.4, 0.5) is 0 Å². The Morgan fingerprint density at radius 1 is 1.29 bits per heavy atom. The first-order chi connectivity index (χ1) is 10.1. The van der Waals surface area contributed by atoms with Crippen molar-refractivity contribution < 1.29 is 9.90 Å². The highest BCUT2D eigenvalue weighted by molar-refractivity contribution is 9.10. The van der Waals surface area contributed by atoms with E-state index in [1.54, 1.807) is 0 Å². The Morgan fingerprint density at radius 3 is 2.76 bits per heavy atom. The van der Waals surface area contributed by atoms with Crippen molar-refractivity contribution in [3.63, 3.8) is 0 Å². The number of hydrogen-bond donors (Lipinski definition) is 1. The van der Waals surface area contributed by atoms with E-state index in [-0.39, 0.29) is 5.69 Å². The van der Waals surface area contributed by atoms with Crippen molar-refractivity contribution in [1.82, 2.24) is 9.78 Å². The third kappa shape index (κ3) is 2.62. The van der Waals surface area contributed by atoms with Gasteiger partial charge in [-0.15, -0.1) is 0 Å². The Morgan fingerprint density at radius 2 is 2.05 bits per heavy atom. The lowest BCUT2D eigenvalue weighted by atomic mass is 10.1. The molecule has 4 nitrogen and oxygen atoms in total. The second-order valence-electron chi connectivity index (χ2n) is 5.48. The van der Waals surface area contributed by atoms with E-state index >= 15 is 0 Å². The first kappa shape index (κ1) is 14.3. The summed E-state index contributed by atoms with van der Waals surface area (Å²) in [7, 11) is 0. The Labute approximate surface area is 131 Å². The average Bonchev–Trinajstić information content (AvgIpc) is 2.65. The maximum Gasteiger partial charge on any atom is 0.356 e. The topological polar surface area (TPSA) is 55.1 Å². The van der Waals surface area contributed by atoms with E-state index < -0.39 is 5.97 Å². The molecule has 0 amide bonds. The van der Waals surface area contributed by atoms with Gasteiger partial charge in [0.15, 0.2) is 5.69 Å². The number of hydrogen-bond acceptors (Lipinski definition) is 2. The predicted octanol–water partition coefficient (Wildman–Crippen LogP) is 3.91. The molecule has 1 aliphatic rings. The van der Waals surface area contributed by atoms with Gasteiger partial charge >= 0.3 is 5.97 Å². The van der Waals surface area contributed by atoms with E-state index in [0.717, 1.165) is 59.1 Å². The number of nitrogens with zero attached hydrogens (tertiary/aromatic N) is 2. The molecule has 0 unspecified atom stereocenters. The molecule has 110 valence electrons. The van der Waals surface area contributed by atoms with Crippen molar-refractivity contribution in [2.75, 3.05) is 0 Å². The van der Waals surface area contributed by atoms with Gasteiger partial charge in [-0.3, -0.25) is 0 Å². The minimum Gasteiger partial charge on any atom is -0.476 e. The standard InChI is InChI=1S/C16H17BrN2O2/c1-10-9-11(7-8-13(10)17)19-14-6-4-2-3-5-12(14)15(18-19)16(20)21/h7-9H,2-6H2,1H3,(H,20,21). The molecule has 5 heteroatoms. The second kappa shape index (κ2) is 5.64. The van der Waals surface area contributed by atoms with Crippen LogP contribution in [0.25, 0.3) is 5.69 Å². The SMILES string of the molecule is Cc1cc(-n2nc(C(=O)O)c3c2CCCCC3)ccc1Br. The minimum absolute atomic E-state index is 0.215. The maximum atomic E-state index is 11.5. The fourth-order valence-electron chi connectivity index (χ4n) is 2.92. The number of carboxylic acid groups (broad SMARTS) is 1. The van der Waals surface area contributed by atoms with Gasteiger partial charge in [0.25, 0.3) is 0 Å². The molecule has 0 radical (unpaired) electrons. The van der Waals surface area contributed by atoms with Crippen LogP contribution in [0.2, 0.25) is 0 Å². The lowest BCUT2D eigenvalue weighted by Crippen LogP contribution is -2.04. The van der Waals surface area contributed by atoms with Crippen LogP contribution >= 0.6 is 15.9 Å². The van der Waals surface area contributed by atoms with Gasteiger partial charge in [0, 0.05) is 15.7 Å². The number of rotatable bonds is 2. The predicted molar refractivity (Wildman–Crippen MR) is 84.2 cm³/mol. The number of fused-ring (bicyclic) bond motifs is 1.